The van der Waals surface area contributed by atoms with Gasteiger partial charge in [-0.2, -0.15) is 0 Å². The van der Waals surface area contributed by atoms with Crippen LogP contribution >= 0.6 is 11.3 Å². The van der Waals surface area contributed by atoms with E-state index in [2.05, 4.69) is 24.4 Å². The van der Waals surface area contributed by atoms with E-state index in [9.17, 15) is 0 Å². The maximum absolute atomic E-state index is 9.13. The molecule has 1 heterocycles. The van der Waals surface area contributed by atoms with Crippen molar-refractivity contribution >= 4 is 11.3 Å². The summed E-state index contributed by atoms with van der Waals surface area (Å²) in [5, 5.41) is 11.2. The van der Waals surface area contributed by atoms with Gasteiger partial charge in [-0.1, -0.05) is 13.0 Å². The van der Waals surface area contributed by atoms with Crippen LogP contribution in [0.2, 0.25) is 0 Å². The summed E-state index contributed by atoms with van der Waals surface area (Å²) in [5.41, 5.74) is 0. The predicted molar refractivity (Wildman–Crippen MR) is 49.0 cm³/mol. The Labute approximate surface area is 71.7 Å². The Morgan fingerprint density at radius 3 is 2.73 bits per heavy atom. The molecule has 0 aromatic carbocycles. The second kappa shape index (κ2) is 3.88. The Morgan fingerprint density at radius 2 is 2.27 bits per heavy atom. The molecule has 2 atom stereocenters. The van der Waals surface area contributed by atoms with Crippen molar-refractivity contribution < 1.29 is 5.11 Å². The van der Waals surface area contributed by atoms with Crippen LogP contribution in [0.3, 0.4) is 0 Å². The molecule has 2 heteroatoms. The SMILES string of the molecule is CC(O)CC(C)c1cccs1. The van der Waals surface area contributed by atoms with Crippen molar-refractivity contribution in [2.75, 3.05) is 0 Å². The van der Waals surface area contributed by atoms with E-state index in [4.69, 9.17) is 5.11 Å². The van der Waals surface area contributed by atoms with Crippen molar-refractivity contribution in [3.63, 3.8) is 0 Å². The van der Waals surface area contributed by atoms with Gasteiger partial charge in [-0.15, -0.1) is 11.3 Å². The lowest BCUT2D eigenvalue weighted by Crippen LogP contribution is -2.04. The van der Waals surface area contributed by atoms with Gasteiger partial charge in [0.05, 0.1) is 6.10 Å². The van der Waals surface area contributed by atoms with E-state index in [1.165, 1.54) is 4.88 Å². The van der Waals surface area contributed by atoms with E-state index >= 15 is 0 Å². The van der Waals surface area contributed by atoms with Crippen LogP contribution in [0.15, 0.2) is 17.5 Å². The van der Waals surface area contributed by atoms with Gasteiger partial charge in [-0.25, -0.2) is 0 Å². The number of aliphatic hydroxyl groups is 1. The summed E-state index contributed by atoms with van der Waals surface area (Å²) in [4.78, 5) is 1.37. The molecule has 0 amide bonds. The van der Waals surface area contributed by atoms with E-state index in [-0.39, 0.29) is 6.10 Å². The third-order valence-electron chi connectivity index (χ3n) is 1.72. The van der Waals surface area contributed by atoms with Crippen molar-refractivity contribution in [1.82, 2.24) is 0 Å². The fraction of sp³-hybridized carbons (Fsp3) is 0.556. The smallest absolute Gasteiger partial charge is 0.0518 e. The highest BCUT2D eigenvalue weighted by Crippen LogP contribution is 2.24. The number of hydrogen-bond acceptors (Lipinski definition) is 2. The minimum absolute atomic E-state index is 0.188. The molecular weight excluding hydrogens is 156 g/mol. The first-order valence-electron chi connectivity index (χ1n) is 3.91. The maximum Gasteiger partial charge on any atom is 0.0518 e. The second-order valence-corrected chi connectivity index (χ2v) is 3.98. The van der Waals surface area contributed by atoms with Gasteiger partial charge in [0.25, 0.3) is 0 Å². The number of thiophene rings is 1. The molecule has 0 aliphatic rings. The van der Waals surface area contributed by atoms with Gasteiger partial charge in [0.2, 0.25) is 0 Å². The van der Waals surface area contributed by atoms with Gasteiger partial charge in [0.15, 0.2) is 0 Å². The van der Waals surface area contributed by atoms with Gasteiger partial charge in [-0.05, 0) is 30.7 Å². The first kappa shape index (κ1) is 8.75. The van der Waals surface area contributed by atoms with Crippen molar-refractivity contribution in [2.45, 2.75) is 32.3 Å². The van der Waals surface area contributed by atoms with Gasteiger partial charge >= 0.3 is 0 Å². The highest BCUT2D eigenvalue weighted by Gasteiger charge is 2.08. The summed E-state index contributed by atoms with van der Waals surface area (Å²) in [7, 11) is 0. The molecule has 1 N–H and O–H groups in total. The topological polar surface area (TPSA) is 20.2 Å². The summed E-state index contributed by atoms with van der Waals surface area (Å²) < 4.78 is 0. The largest absolute Gasteiger partial charge is 0.393 e. The normalized spacial score (nSPS) is 16.3. The van der Waals surface area contributed by atoms with E-state index < -0.39 is 0 Å². The van der Waals surface area contributed by atoms with Crippen LogP contribution in [-0.4, -0.2) is 11.2 Å². The Kier molecular flexibility index (Phi) is 3.09. The van der Waals surface area contributed by atoms with Crippen LogP contribution < -0.4 is 0 Å². The molecule has 0 radical (unpaired) electrons. The van der Waals surface area contributed by atoms with Crippen molar-refractivity contribution in [3.05, 3.63) is 22.4 Å². The lowest BCUT2D eigenvalue weighted by Gasteiger charge is -2.10. The standard InChI is InChI=1S/C9H14OS/c1-7(6-8(2)10)9-4-3-5-11-9/h3-5,7-8,10H,6H2,1-2H3. The highest BCUT2D eigenvalue weighted by atomic mass is 32.1. The van der Waals surface area contributed by atoms with Crippen LogP contribution in [0.4, 0.5) is 0 Å². The number of rotatable bonds is 3. The van der Waals surface area contributed by atoms with Gasteiger partial charge in [0.1, 0.15) is 0 Å². The average molecular weight is 170 g/mol. The average Bonchev–Trinajstić information content (AvgIpc) is 2.35. The highest BCUT2D eigenvalue weighted by molar-refractivity contribution is 7.10. The minimum Gasteiger partial charge on any atom is -0.393 e. The van der Waals surface area contributed by atoms with Crippen LogP contribution in [0.1, 0.15) is 31.1 Å². The summed E-state index contributed by atoms with van der Waals surface area (Å²) in [6, 6.07) is 4.18. The first-order valence-corrected chi connectivity index (χ1v) is 4.79. The Hall–Kier alpha value is -0.340. The van der Waals surface area contributed by atoms with Crippen LogP contribution in [0.5, 0.6) is 0 Å². The van der Waals surface area contributed by atoms with Crippen LogP contribution in [0.25, 0.3) is 0 Å². The zero-order valence-corrected chi connectivity index (χ0v) is 7.77. The molecule has 62 valence electrons. The zero-order chi connectivity index (χ0) is 8.27. The summed E-state index contributed by atoms with van der Waals surface area (Å²) in [5.74, 6) is 0.495. The molecule has 0 aliphatic carbocycles. The Balaban J connectivity index is 2.49. The molecule has 0 saturated heterocycles. The molecule has 2 unspecified atom stereocenters. The summed E-state index contributed by atoms with van der Waals surface area (Å²) >= 11 is 1.76. The minimum atomic E-state index is -0.188. The molecule has 1 aromatic rings. The van der Waals surface area contributed by atoms with E-state index in [1.807, 2.05) is 6.92 Å². The third kappa shape index (κ3) is 2.64. The fourth-order valence-electron chi connectivity index (χ4n) is 1.20. The quantitative estimate of drug-likeness (QED) is 0.739. The maximum atomic E-state index is 9.13. The third-order valence-corrected chi connectivity index (χ3v) is 2.83. The van der Waals surface area contributed by atoms with E-state index in [0.717, 1.165) is 6.42 Å². The van der Waals surface area contributed by atoms with Gasteiger partial charge < -0.3 is 5.11 Å². The molecule has 0 spiro atoms. The van der Waals surface area contributed by atoms with E-state index in [0.29, 0.717) is 5.92 Å². The molecule has 0 aliphatic heterocycles. The van der Waals surface area contributed by atoms with E-state index in [1.54, 1.807) is 11.3 Å². The van der Waals surface area contributed by atoms with Gasteiger partial charge in [-0.3, -0.25) is 0 Å². The second-order valence-electron chi connectivity index (χ2n) is 3.00. The van der Waals surface area contributed by atoms with Gasteiger partial charge in [0, 0.05) is 4.88 Å². The fourth-order valence-corrected chi connectivity index (χ4v) is 2.00. The van der Waals surface area contributed by atoms with Crippen molar-refractivity contribution in [3.8, 4) is 0 Å². The van der Waals surface area contributed by atoms with Crippen LogP contribution in [-0.2, 0) is 0 Å². The zero-order valence-electron chi connectivity index (χ0n) is 6.95. The monoisotopic (exact) mass is 170 g/mol. The molecule has 1 nitrogen and oxygen atoms in total. The Morgan fingerprint density at radius 1 is 1.55 bits per heavy atom. The predicted octanol–water partition coefficient (Wildman–Crippen LogP) is 2.62. The molecule has 1 rings (SSSR count). The number of aliphatic hydroxyl groups excluding tert-OH is 1. The lowest BCUT2D eigenvalue weighted by atomic mass is 10.0. The van der Waals surface area contributed by atoms with Crippen molar-refractivity contribution in [2.24, 2.45) is 0 Å². The molecule has 0 fully saturated rings. The summed E-state index contributed by atoms with van der Waals surface area (Å²) in [6.45, 7) is 3.99. The molecule has 11 heavy (non-hydrogen) atoms. The van der Waals surface area contributed by atoms with Crippen molar-refractivity contribution in [1.29, 1.82) is 0 Å². The molecule has 0 bridgehead atoms. The van der Waals surface area contributed by atoms with Crippen LogP contribution in [0, 0.1) is 0 Å². The summed E-state index contributed by atoms with van der Waals surface area (Å²) in [6.07, 6.45) is 0.674. The molecule has 1 aromatic heterocycles. The first-order chi connectivity index (χ1) is 5.20. The Bertz CT molecular complexity index is 191. The number of hydrogen-bond donors (Lipinski definition) is 1. The molecular formula is C9H14OS. The lowest BCUT2D eigenvalue weighted by molar-refractivity contribution is 0.177. The molecule has 0 saturated carbocycles.